The first-order chi connectivity index (χ1) is 10.2. The van der Waals surface area contributed by atoms with E-state index in [4.69, 9.17) is 0 Å². The fraction of sp³-hybridized carbons (Fsp3) is 0.667. The minimum absolute atomic E-state index is 0.141. The molecule has 0 N–H and O–H groups in total. The molecule has 2 aliphatic rings. The van der Waals surface area contributed by atoms with E-state index in [9.17, 15) is 4.39 Å². The van der Waals surface area contributed by atoms with Crippen molar-refractivity contribution in [3.8, 4) is 0 Å². The van der Waals surface area contributed by atoms with Crippen LogP contribution < -0.4 is 0 Å². The molecule has 3 rings (SSSR count). The van der Waals surface area contributed by atoms with Crippen molar-refractivity contribution < 1.29 is 4.39 Å². The van der Waals surface area contributed by atoms with Crippen LogP contribution in [0.15, 0.2) is 24.3 Å². The van der Waals surface area contributed by atoms with E-state index in [0.29, 0.717) is 12.1 Å². The van der Waals surface area contributed by atoms with Crippen molar-refractivity contribution in [1.29, 1.82) is 0 Å². The maximum absolute atomic E-state index is 13.0. The number of piperazine rings is 1. The zero-order valence-corrected chi connectivity index (χ0v) is 13.3. The summed E-state index contributed by atoms with van der Waals surface area (Å²) in [6.07, 6.45) is 4.96. The molecule has 3 unspecified atom stereocenters. The third-order valence-corrected chi connectivity index (χ3v) is 5.32. The Morgan fingerprint density at radius 3 is 2.71 bits per heavy atom. The lowest BCUT2D eigenvalue weighted by atomic mass is 9.99. The highest BCUT2D eigenvalue weighted by atomic mass is 19.1. The predicted molar refractivity (Wildman–Crippen MR) is 84.9 cm³/mol. The molecule has 0 bridgehead atoms. The monoisotopic (exact) mass is 290 g/mol. The third kappa shape index (κ3) is 3.29. The summed E-state index contributed by atoms with van der Waals surface area (Å²) in [6, 6.07) is 8.99. The summed E-state index contributed by atoms with van der Waals surface area (Å²) >= 11 is 0. The van der Waals surface area contributed by atoms with E-state index in [1.165, 1.54) is 44.5 Å². The molecule has 2 nitrogen and oxygen atoms in total. The van der Waals surface area contributed by atoms with Crippen LogP contribution in [0.2, 0.25) is 0 Å². The third-order valence-electron chi connectivity index (χ3n) is 5.32. The lowest BCUT2D eigenvalue weighted by molar-refractivity contribution is 0.0234. The van der Waals surface area contributed by atoms with E-state index in [2.05, 4.69) is 23.6 Å². The number of fused-ring (bicyclic) bond motifs is 1. The fourth-order valence-corrected chi connectivity index (χ4v) is 4.09. The molecular formula is C18H27FN2. The molecule has 116 valence electrons. The summed E-state index contributed by atoms with van der Waals surface area (Å²) in [5.74, 6) is -0.141. The second-order valence-electron chi connectivity index (χ2n) is 6.73. The Morgan fingerprint density at radius 2 is 2.00 bits per heavy atom. The molecule has 1 aromatic carbocycles. The van der Waals surface area contributed by atoms with Crippen LogP contribution in [0.4, 0.5) is 4.39 Å². The van der Waals surface area contributed by atoms with Crippen LogP contribution in [0.5, 0.6) is 0 Å². The van der Waals surface area contributed by atoms with Crippen molar-refractivity contribution in [2.45, 2.75) is 57.7 Å². The van der Waals surface area contributed by atoms with Gasteiger partial charge in [-0.15, -0.1) is 0 Å². The van der Waals surface area contributed by atoms with Gasteiger partial charge >= 0.3 is 0 Å². The van der Waals surface area contributed by atoms with Gasteiger partial charge in [-0.25, -0.2) is 4.39 Å². The number of hydrogen-bond acceptors (Lipinski definition) is 2. The molecule has 3 atom stereocenters. The molecule has 0 aliphatic carbocycles. The van der Waals surface area contributed by atoms with E-state index >= 15 is 0 Å². The van der Waals surface area contributed by atoms with Gasteiger partial charge in [-0.1, -0.05) is 19.1 Å². The number of benzene rings is 1. The molecular weight excluding hydrogens is 263 g/mol. The molecule has 0 aromatic heterocycles. The van der Waals surface area contributed by atoms with E-state index in [0.717, 1.165) is 12.5 Å². The highest BCUT2D eigenvalue weighted by molar-refractivity contribution is 5.17. The van der Waals surface area contributed by atoms with Crippen molar-refractivity contribution in [3.05, 3.63) is 35.6 Å². The molecule has 0 amide bonds. The predicted octanol–water partition coefficient (Wildman–Crippen LogP) is 3.32. The minimum Gasteiger partial charge on any atom is -0.298 e. The van der Waals surface area contributed by atoms with Crippen LogP contribution in [-0.2, 0) is 6.42 Å². The molecule has 0 spiro atoms. The minimum atomic E-state index is -0.141. The zero-order valence-electron chi connectivity index (χ0n) is 13.3. The smallest absolute Gasteiger partial charge is 0.123 e. The first-order valence-electron chi connectivity index (χ1n) is 8.41. The van der Waals surface area contributed by atoms with Crippen LogP contribution in [0.3, 0.4) is 0 Å². The first kappa shape index (κ1) is 15.0. The summed E-state index contributed by atoms with van der Waals surface area (Å²) in [5, 5.41) is 0. The number of nitrogens with zero attached hydrogens (tertiary/aromatic N) is 2. The molecule has 2 saturated heterocycles. The summed E-state index contributed by atoms with van der Waals surface area (Å²) in [5.41, 5.74) is 1.24. The highest BCUT2D eigenvalue weighted by Gasteiger charge is 2.37. The van der Waals surface area contributed by atoms with Crippen molar-refractivity contribution in [3.63, 3.8) is 0 Å². The van der Waals surface area contributed by atoms with Crippen molar-refractivity contribution in [1.82, 2.24) is 9.80 Å². The largest absolute Gasteiger partial charge is 0.298 e. The molecule has 0 saturated carbocycles. The van der Waals surface area contributed by atoms with Gasteiger partial charge in [0.2, 0.25) is 0 Å². The average Bonchev–Trinajstić information content (AvgIpc) is 2.95. The lowest BCUT2D eigenvalue weighted by Crippen LogP contribution is -2.58. The van der Waals surface area contributed by atoms with Gasteiger partial charge < -0.3 is 0 Å². The summed E-state index contributed by atoms with van der Waals surface area (Å²) in [6.45, 7) is 8.37. The van der Waals surface area contributed by atoms with Gasteiger partial charge in [0.05, 0.1) is 0 Å². The Morgan fingerprint density at radius 1 is 1.24 bits per heavy atom. The second kappa shape index (κ2) is 6.45. The van der Waals surface area contributed by atoms with Crippen LogP contribution in [0, 0.1) is 5.82 Å². The quantitative estimate of drug-likeness (QED) is 0.839. The Bertz CT molecular complexity index is 459. The van der Waals surface area contributed by atoms with Crippen LogP contribution in [0.1, 0.15) is 38.7 Å². The molecule has 2 aliphatic heterocycles. The van der Waals surface area contributed by atoms with E-state index in [1.54, 1.807) is 12.1 Å². The van der Waals surface area contributed by atoms with Crippen LogP contribution in [0.25, 0.3) is 0 Å². The second-order valence-corrected chi connectivity index (χ2v) is 6.73. The fourth-order valence-electron chi connectivity index (χ4n) is 4.09. The zero-order chi connectivity index (χ0) is 14.8. The van der Waals surface area contributed by atoms with Crippen molar-refractivity contribution in [2.75, 3.05) is 19.6 Å². The molecule has 2 fully saturated rings. The van der Waals surface area contributed by atoms with Gasteiger partial charge in [0.15, 0.2) is 0 Å². The number of halogens is 1. The van der Waals surface area contributed by atoms with Gasteiger partial charge in [0, 0.05) is 31.2 Å². The normalized spacial score (nSPS) is 28.5. The van der Waals surface area contributed by atoms with Gasteiger partial charge in [-0.05, 0) is 56.8 Å². The SMILES string of the molecule is CCC1CN2CCCC2CN1C(C)Cc1ccc(F)cc1. The summed E-state index contributed by atoms with van der Waals surface area (Å²) in [7, 11) is 0. The van der Waals surface area contributed by atoms with Crippen molar-refractivity contribution >= 4 is 0 Å². The maximum Gasteiger partial charge on any atom is 0.123 e. The molecule has 2 heterocycles. The number of hydrogen-bond donors (Lipinski definition) is 0. The van der Waals surface area contributed by atoms with Gasteiger partial charge in [-0.2, -0.15) is 0 Å². The molecule has 3 heteroatoms. The standard InChI is InChI=1S/C18H27FN2/c1-3-17-12-20-10-4-5-18(20)13-21(17)14(2)11-15-6-8-16(19)9-7-15/h6-9,14,17-18H,3-5,10-13H2,1-2H3. The topological polar surface area (TPSA) is 6.48 Å². The average molecular weight is 290 g/mol. The van der Waals surface area contributed by atoms with Gasteiger partial charge in [0.25, 0.3) is 0 Å². The van der Waals surface area contributed by atoms with Gasteiger partial charge in [-0.3, -0.25) is 9.80 Å². The Hall–Kier alpha value is -0.930. The van der Waals surface area contributed by atoms with E-state index in [-0.39, 0.29) is 5.82 Å². The molecule has 0 radical (unpaired) electrons. The van der Waals surface area contributed by atoms with Crippen molar-refractivity contribution in [2.24, 2.45) is 0 Å². The van der Waals surface area contributed by atoms with Gasteiger partial charge in [0.1, 0.15) is 5.82 Å². The molecule has 21 heavy (non-hydrogen) atoms. The summed E-state index contributed by atoms with van der Waals surface area (Å²) < 4.78 is 13.0. The number of rotatable bonds is 4. The maximum atomic E-state index is 13.0. The summed E-state index contributed by atoms with van der Waals surface area (Å²) in [4.78, 5) is 5.39. The molecule has 1 aromatic rings. The van der Waals surface area contributed by atoms with Crippen LogP contribution in [-0.4, -0.2) is 47.6 Å². The van der Waals surface area contributed by atoms with E-state index in [1.807, 2.05) is 12.1 Å². The first-order valence-corrected chi connectivity index (χ1v) is 8.41. The van der Waals surface area contributed by atoms with Crippen LogP contribution >= 0.6 is 0 Å². The Balaban J connectivity index is 1.66. The Labute approximate surface area is 127 Å². The highest BCUT2D eigenvalue weighted by Crippen LogP contribution is 2.28. The lowest BCUT2D eigenvalue weighted by Gasteiger charge is -2.46. The Kier molecular flexibility index (Phi) is 4.60. The van der Waals surface area contributed by atoms with E-state index < -0.39 is 0 Å².